The lowest BCUT2D eigenvalue weighted by Gasteiger charge is -2.13. The van der Waals surface area contributed by atoms with Crippen LogP contribution >= 0.6 is 0 Å². The van der Waals surface area contributed by atoms with Crippen molar-refractivity contribution in [1.29, 1.82) is 0 Å². The molecule has 0 radical (unpaired) electrons. The number of aryl methyl sites for hydroxylation is 8. The topological polar surface area (TPSA) is 365 Å². The molecule has 0 saturated carbocycles. The van der Waals surface area contributed by atoms with E-state index in [1.165, 1.54) is 76.6 Å². The fraction of sp³-hybridized carbons (Fsp3) is 0.105. The average molecular weight is 1920 g/mol. The summed E-state index contributed by atoms with van der Waals surface area (Å²) in [6.07, 6.45) is 29.4. The Hall–Kier alpha value is -19.3. The zero-order chi connectivity index (χ0) is 117. The number of pyridine rings is 4. The Morgan fingerprint density at radius 3 is 0.868 bits per heavy atom. The molecular formula is C114H102N26O4. The number of amides is 4. The predicted octanol–water partition coefficient (Wildman–Crippen LogP) is 23.8. The molecule has 12 heterocycles. The number of anilines is 12. The molecule has 0 spiro atoms. The van der Waals surface area contributed by atoms with Crippen molar-refractivity contribution in [3.05, 3.63) is 444 Å². The van der Waals surface area contributed by atoms with Crippen LogP contribution < -0.4 is 42.5 Å². The SMILES string of the molecule is [2H]c1c(C)c([2H])c(-n2c([2H])cc(C)c2[2H])c([2H])c1NC(=O)c1ccc(C)c(Nc2nccc(-c3cccnc3)n2)c1.[2H]c1c(C)c([2H])c(-n2ccc(C)c2)c([2H])c1NC(=O)c1ccc(C([2H])([2H])[2H])c(Nc2nccc(-c3cccnc3)n2)c1.[2H]c1c(C)c([2H])c(-n2cnc(C)c2)c([2H])c1NC(=O)c1ccc(C([2H])([2H])[2H])c(Nc2nccc(-c3cccnc3)n2)c1.[2H]c1c(C)c([2H])c(-n2cnc(C)c2)c([2H])c1NC(=O)c1ccc(C)c(Nc2nccc(-c3cccnc3)n2)c1. The molecule has 144 heavy (non-hydrogen) atoms. The van der Waals surface area contributed by atoms with Crippen molar-refractivity contribution in [2.24, 2.45) is 0 Å². The van der Waals surface area contributed by atoms with Gasteiger partial charge in [0, 0.05) is 232 Å². The molecule has 30 nitrogen and oxygen atoms in total. The highest BCUT2D eigenvalue weighted by atomic mass is 16.2. The summed E-state index contributed by atoms with van der Waals surface area (Å²) in [4.78, 5) is 113. The summed E-state index contributed by atoms with van der Waals surface area (Å²) in [7, 11) is 0. The number of rotatable bonds is 24. The van der Waals surface area contributed by atoms with Crippen LogP contribution in [0.1, 0.15) is 136 Å². The van der Waals surface area contributed by atoms with Crippen LogP contribution in [-0.4, -0.2) is 112 Å². The van der Waals surface area contributed by atoms with Crippen molar-refractivity contribution in [2.75, 3.05) is 42.5 Å². The third-order valence-corrected chi connectivity index (χ3v) is 21.4. The Balaban J connectivity index is 0.000000146. The molecule has 4 amide bonds. The van der Waals surface area contributed by atoms with Gasteiger partial charge < -0.3 is 60.8 Å². The van der Waals surface area contributed by atoms with E-state index in [-0.39, 0.29) is 193 Å². The van der Waals surface area contributed by atoms with Crippen LogP contribution in [0, 0.1) is 82.9 Å². The second kappa shape index (κ2) is 44.5. The third kappa shape index (κ3) is 25.2. The Labute approximate surface area is 860 Å². The van der Waals surface area contributed by atoms with E-state index in [0.717, 1.165) is 44.6 Å². The van der Waals surface area contributed by atoms with Crippen LogP contribution in [-0.2, 0) is 0 Å². The molecule has 712 valence electrons. The molecule has 0 bridgehead atoms. The number of imidazole rings is 2. The van der Waals surface area contributed by atoms with E-state index in [1.54, 1.807) is 217 Å². The molecular weight excluding hydrogens is 1800 g/mol. The van der Waals surface area contributed by atoms with Crippen molar-refractivity contribution in [3.8, 4) is 67.8 Å². The lowest BCUT2D eigenvalue weighted by Crippen LogP contribution is -2.13. The second-order valence-corrected chi connectivity index (χ2v) is 32.7. The fourth-order valence-electron chi connectivity index (χ4n) is 14.3. The molecule has 20 aromatic rings. The van der Waals surface area contributed by atoms with Crippen molar-refractivity contribution in [1.82, 2.24) is 88.0 Å². The van der Waals surface area contributed by atoms with Crippen molar-refractivity contribution < 1.29 is 46.6 Å². The standard InChI is InChI=1S/2C29H26N6O.2C28H25N7O/c2*1-19-9-12-35(18-19)25-14-20(2)13-24(16-25)32-28(36)22-7-6-21(3)27(15-22)34-29-31-11-8-26(33-29)23-5-4-10-30-17-23;2*1-18-11-23(14-24(12-18)35-16-20(3)31-17-35)32-27(36)21-7-6-19(2)26(13-21)34-28-30-10-8-25(33-28)22-5-4-9-29-15-22/h2*4-18H,1-3H3,(H,32,36)(H,31,33,34);2*4-17H,1-3H3,(H,32,36)(H,30,33,34)/i12D,13D,14D,16D,18D;3D3,13D,14D,16D;2D3,11D,12D,14D;11D,12D,14D. The van der Waals surface area contributed by atoms with Gasteiger partial charge in [-0.1, -0.05) is 24.3 Å². The van der Waals surface area contributed by atoms with Gasteiger partial charge in [-0.15, -0.1) is 0 Å². The van der Waals surface area contributed by atoms with Crippen molar-refractivity contribution in [2.45, 2.75) is 82.9 Å². The molecule has 0 fully saturated rings. The third-order valence-electron chi connectivity index (χ3n) is 21.4. The highest BCUT2D eigenvalue weighted by Gasteiger charge is 2.20. The molecule has 0 saturated heterocycles. The Bertz CT molecular complexity index is 8940. The summed E-state index contributed by atoms with van der Waals surface area (Å²) in [6, 6.07) is 41.6. The average Bonchev–Trinajstić information content (AvgIpc) is 1.52. The van der Waals surface area contributed by atoms with Crippen LogP contribution in [0.2, 0.25) is 0 Å². The highest BCUT2D eigenvalue weighted by molar-refractivity contribution is 6.08. The summed E-state index contributed by atoms with van der Waals surface area (Å²) < 4.78 is 173. The number of benzene rings is 8. The van der Waals surface area contributed by atoms with Crippen molar-refractivity contribution in [3.63, 3.8) is 0 Å². The molecule has 20 rings (SSSR count). The van der Waals surface area contributed by atoms with E-state index in [1.807, 2.05) is 63.2 Å². The monoisotopic (exact) mass is 1920 g/mol. The van der Waals surface area contributed by atoms with Crippen LogP contribution in [0.5, 0.6) is 0 Å². The van der Waals surface area contributed by atoms with E-state index < -0.39 is 37.3 Å². The molecule has 0 aliphatic carbocycles. The van der Waals surface area contributed by atoms with Gasteiger partial charge in [0.25, 0.3) is 23.6 Å². The van der Waals surface area contributed by atoms with Gasteiger partial charge >= 0.3 is 0 Å². The fourth-order valence-corrected chi connectivity index (χ4v) is 14.3. The summed E-state index contributed by atoms with van der Waals surface area (Å²) >= 11 is 0. The molecule has 0 aliphatic heterocycles. The maximum absolute atomic E-state index is 13.4. The number of carbonyl (C=O) groups excluding carboxylic acids is 4. The lowest BCUT2D eigenvalue weighted by molar-refractivity contribution is 0.101. The normalized spacial score (nSPS) is 12.9. The first-order chi connectivity index (χ1) is 78.2. The van der Waals surface area contributed by atoms with Gasteiger partial charge in [-0.05, 0) is 345 Å². The van der Waals surface area contributed by atoms with Gasteiger partial charge in [0.1, 0.15) is 0 Å². The second-order valence-electron chi connectivity index (χ2n) is 32.7. The minimum absolute atomic E-state index is 0.0145. The molecule has 12 aromatic heterocycles. The molecule has 8 aromatic carbocycles. The quantitative estimate of drug-likeness (QED) is 0.0278. The van der Waals surface area contributed by atoms with Crippen LogP contribution in [0.4, 0.5) is 69.3 Å². The molecule has 0 atom stereocenters. The zero-order valence-electron chi connectivity index (χ0n) is 99.1. The Morgan fingerprint density at radius 1 is 0.292 bits per heavy atom. The first-order valence-electron chi connectivity index (χ1n) is 54.7. The minimum atomic E-state index is -2.51. The molecule has 30 heteroatoms. The number of nitrogens with zero attached hydrogens (tertiary/aromatic N) is 18. The number of nitrogens with one attached hydrogen (secondary N) is 8. The van der Waals surface area contributed by atoms with E-state index in [9.17, 15) is 19.2 Å². The summed E-state index contributed by atoms with van der Waals surface area (Å²) in [5.41, 5.74) is 13.8. The maximum Gasteiger partial charge on any atom is 0.255 e. The number of hydrogen-bond acceptors (Lipinski definition) is 22. The van der Waals surface area contributed by atoms with E-state index in [0.29, 0.717) is 74.0 Å². The smallest absolute Gasteiger partial charge is 0.255 e. The van der Waals surface area contributed by atoms with Gasteiger partial charge in [-0.2, -0.15) is 0 Å². The van der Waals surface area contributed by atoms with Crippen LogP contribution in [0.3, 0.4) is 0 Å². The van der Waals surface area contributed by atoms with E-state index >= 15 is 0 Å². The molecule has 8 N–H and O–H groups in total. The summed E-state index contributed by atoms with van der Waals surface area (Å²) in [5.74, 6) is -1.46. The molecule has 0 aliphatic rings. The zero-order valence-corrected chi connectivity index (χ0v) is 79.1. The maximum atomic E-state index is 13.4. The first-order valence-corrected chi connectivity index (χ1v) is 44.7. The lowest BCUT2D eigenvalue weighted by atomic mass is 10.1. The molecule has 0 unspecified atom stereocenters. The van der Waals surface area contributed by atoms with E-state index in [4.69, 9.17) is 27.4 Å². The van der Waals surface area contributed by atoms with Crippen LogP contribution in [0.25, 0.3) is 67.8 Å². The highest BCUT2D eigenvalue weighted by Crippen LogP contribution is 2.33. The minimum Gasteiger partial charge on any atom is -0.324 e. The number of hydrogen-bond donors (Lipinski definition) is 8. The largest absolute Gasteiger partial charge is 0.324 e. The summed E-state index contributed by atoms with van der Waals surface area (Å²) in [5, 5.41) is 22.9. The predicted molar refractivity (Wildman–Crippen MR) is 567 cm³/mol. The van der Waals surface area contributed by atoms with Gasteiger partial charge in [0.2, 0.25) is 23.8 Å². The van der Waals surface area contributed by atoms with Gasteiger partial charge in [0.05, 0.1) is 66.0 Å². The van der Waals surface area contributed by atoms with Gasteiger partial charge in [-0.3, -0.25) is 39.1 Å². The number of aromatic nitrogens is 18. The Morgan fingerprint density at radius 2 is 0.597 bits per heavy atom. The Kier molecular flexibility index (Phi) is 22.8. The number of carbonyl (C=O) groups is 4. The van der Waals surface area contributed by atoms with Crippen molar-refractivity contribution >= 4 is 92.9 Å². The van der Waals surface area contributed by atoms with E-state index in [2.05, 4.69) is 112 Å². The van der Waals surface area contributed by atoms with Crippen LogP contribution in [0.15, 0.2) is 354 Å². The van der Waals surface area contributed by atoms with Gasteiger partial charge in [0.15, 0.2) is 0 Å². The van der Waals surface area contributed by atoms with Gasteiger partial charge in [-0.25, -0.2) is 49.8 Å². The first kappa shape index (κ1) is 73.9. The summed E-state index contributed by atoms with van der Waals surface area (Å²) in [6.45, 7) is 12.2.